The minimum absolute atomic E-state index is 0. The Morgan fingerprint density at radius 2 is 1.84 bits per heavy atom. The average Bonchev–Trinajstić information content (AvgIpc) is 2.74. The summed E-state index contributed by atoms with van der Waals surface area (Å²) in [5.74, 6) is 1.94. The average molecular weight is 561 g/mol. The zero-order valence-electron chi connectivity index (χ0n) is 18.0. The van der Waals surface area contributed by atoms with Crippen LogP contribution in [0.25, 0.3) is 0 Å². The Bertz CT molecular complexity index is 834. The van der Waals surface area contributed by atoms with E-state index in [9.17, 15) is 4.79 Å². The lowest BCUT2D eigenvalue weighted by Crippen LogP contribution is -2.41. The van der Waals surface area contributed by atoms with Gasteiger partial charge >= 0.3 is 0 Å². The number of carbonyl (C=O) groups is 1. The van der Waals surface area contributed by atoms with Crippen molar-refractivity contribution in [3.8, 4) is 11.5 Å². The summed E-state index contributed by atoms with van der Waals surface area (Å²) in [6.45, 7) is 5.57. The summed E-state index contributed by atoms with van der Waals surface area (Å²) in [5, 5.41) is 9.88. The van der Waals surface area contributed by atoms with Crippen LogP contribution in [0.2, 0.25) is 5.02 Å². The smallest absolute Gasteiger partial charge is 0.257 e. The first kappa shape index (κ1) is 26.8. The molecule has 1 amide bonds. The van der Waals surface area contributed by atoms with E-state index in [0.717, 1.165) is 11.3 Å². The quantitative estimate of drug-likeness (QED) is 0.235. The van der Waals surface area contributed by atoms with E-state index in [2.05, 4.69) is 20.9 Å². The summed E-state index contributed by atoms with van der Waals surface area (Å²) < 4.78 is 11.4. The third-order valence-corrected chi connectivity index (χ3v) is 4.29. The van der Waals surface area contributed by atoms with Crippen LogP contribution in [0.1, 0.15) is 19.4 Å². The molecule has 0 saturated carbocycles. The molecular weight excluding hydrogens is 531 g/mol. The Labute approximate surface area is 206 Å². The van der Waals surface area contributed by atoms with Crippen molar-refractivity contribution in [1.29, 1.82) is 0 Å². The molecule has 1 atom stereocenters. The number of guanidine groups is 1. The van der Waals surface area contributed by atoms with Gasteiger partial charge in [0, 0.05) is 25.2 Å². The van der Waals surface area contributed by atoms with Crippen molar-refractivity contribution in [2.45, 2.75) is 26.5 Å². The van der Waals surface area contributed by atoms with E-state index in [0.29, 0.717) is 36.4 Å². The van der Waals surface area contributed by atoms with Gasteiger partial charge in [0.2, 0.25) is 0 Å². The fourth-order valence-electron chi connectivity index (χ4n) is 2.58. The molecule has 31 heavy (non-hydrogen) atoms. The molecule has 0 fully saturated rings. The highest BCUT2D eigenvalue weighted by Crippen LogP contribution is 2.16. The predicted octanol–water partition coefficient (Wildman–Crippen LogP) is 3.61. The van der Waals surface area contributed by atoms with Crippen LogP contribution in [-0.4, -0.2) is 44.7 Å². The molecule has 2 rings (SSSR count). The second kappa shape index (κ2) is 14.7. The number of ether oxygens (including phenoxy) is 2. The first-order valence-electron chi connectivity index (χ1n) is 9.85. The topological polar surface area (TPSA) is 84.0 Å². The first-order chi connectivity index (χ1) is 14.5. The van der Waals surface area contributed by atoms with Crippen LogP contribution < -0.4 is 25.4 Å². The molecule has 0 spiro atoms. The number of nitrogens with zero attached hydrogens (tertiary/aromatic N) is 1. The van der Waals surface area contributed by atoms with Gasteiger partial charge in [0.15, 0.2) is 12.6 Å². The summed E-state index contributed by atoms with van der Waals surface area (Å²) in [7, 11) is 1.71. The lowest BCUT2D eigenvalue weighted by molar-refractivity contribution is -0.122. The highest BCUT2D eigenvalue weighted by Gasteiger charge is 2.07. The molecule has 170 valence electrons. The van der Waals surface area contributed by atoms with E-state index in [-0.39, 0.29) is 42.6 Å². The zero-order chi connectivity index (χ0) is 21.8. The summed E-state index contributed by atoms with van der Waals surface area (Å²) in [6, 6.07) is 14.9. The second-order valence-electron chi connectivity index (χ2n) is 6.58. The Morgan fingerprint density at radius 1 is 1.10 bits per heavy atom. The SMILES string of the molecule is CCNC(=O)COc1cccc(CNC(=NC)NCC(C)Oc2ccc(Cl)cc2)c1.I. The zero-order valence-corrected chi connectivity index (χ0v) is 21.1. The molecule has 0 bridgehead atoms. The number of nitrogens with one attached hydrogen (secondary N) is 3. The normalized spacial score (nSPS) is 11.7. The van der Waals surface area contributed by atoms with Gasteiger partial charge in [-0.1, -0.05) is 23.7 Å². The molecule has 0 aliphatic rings. The van der Waals surface area contributed by atoms with Crippen molar-refractivity contribution < 1.29 is 14.3 Å². The maximum absolute atomic E-state index is 11.5. The molecule has 0 radical (unpaired) electrons. The van der Waals surface area contributed by atoms with Crippen LogP contribution in [-0.2, 0) is 11.3 Å². The largest absolute Gasteiger partial charge is 0.489 e. The number of halogens is 2. The van der Waals surface area contributed by atoms with Crippen LogP contribution in [0, 0.1) is 0 Å². The molecular formula is C22H30ClIN4O3. The van der Waals surface area contributed by atoms with Gasteiger partial charge in [-0.3, -0.25) is 9.79 Å². The minimum atomic E-state index is -0.138. The van der Waals surface area contributed by atoms with Crippen molar-refractivity contribution in [2.75, 3.05) is 26.7 Å². The summed E-state index contributed by atoms with van der Waals surface area (Å²) >= 11 is 5.89. The van der Waals surface area contributed by atoms with Crippen LogP contribution in [0.3, 0.4) is 0 Å². The van der Waals surface area contributed by atoms with Crippen molar-refractivity contribution in [3.63, 3.8) is 0 Å². The monoisotopic (exact) mass is 560 g/mol. The van der Waals surface area contributed by atoms with Gasteiger partial charge in [0.1, 0.15) is 17.6 Å². The van der Waals surface area contributed by atoms with Gasteiger partial charge in [0.05, 0.1) is 6.54 Å². The number of benzene rings is 2. The first-order valence-corrected chi connectivity index (χ1v) is 10.2. The molecule has 2 aromatic carbocycles. The second-order valence-corrected chi connectivity index (χ2v) is 7.02. The number of likely N-dealkylation sites (N-methyl/N-ethyl adjacent to an activating group) is 1. The molecule has 0 heterocycles. The fourth-order valence-corrected chi connectivity index (χ4v) is 2.70. The Kier molecular flexibility index (Phi) is 12.8. The lowest BCUT2D eigenvalue weighted by atomic mass is 10.2. The minimum Gasteiger partial charge on any atom is -0.489 e. The molecule has 3 N–H and O–H groups in total. The summed E-state index contributed by atoms with van der Waals surface area (Å²) in [4.78, 5) is 15.8. The maximum Gasteiger partial charge on any atom is 0.257 e. The van der Waals surface area contributed by atoms with Gasteiger partial charge in [-0.15, -0.1) is 24.0 Å². The molecule has 7 nitrogen and oxygen atoms in total. The van der Waals surface area contributed by atoms with Crippen molar-refractivity contribution in [3.05, 3.63) is 59.1 Å². The van der Waals surface area contributed by atoms with Crippen LogP contribution in [0.5, 0.6) is 11.5 Å². The molecule has 1 unspecified atom stereocenters. The number of rotatable bonds is 10. The van der Waals surface area contributed by atoms with Gasteiger partial charge in [-0.2, -0.15) is 0 Å². The Hall–Kier alpha value is -2.20. The molecule has 2 aromatic rings. The van der Waals surface area contributed by atoms with Crippen LogP contribution in [0.4, 0.5) is 0 Å². The number of carbonyl (C=O) groups excluding carboxylic acids is 1. The third-order valence-electron chi connectivity index (χ3n) is 4.03. The number of hydrogen-bond donors (Lipinski definition) is 3. The molecule has 0 aliphatic heterocycles. The number of hydrogen-bond acceptors (Lipinski definition) is 4. The van der Waals surface area contributed by atoms with Crippen molar-refractivity contribution in [1.82, 2.24) is 16.0 Å². The molecule has 9 heteroatoms. The van der Waals surface area contributed by atoms with Gasteiger partial charge in [-0.05, 0) is 55.8 Å². The third kappa shape index (κ3) is 10.6. The van der Waals surface area contributed by atoms with Crippen molar-refractivity contribution >= 4 is 47.4 Å². The number of amides is 1. The molecule has 0 aliphatic carbocycles. The fraction of sp³-hybridized carbons (Fsp3) is 0.364. The van der Waals surface area contributed by atoms with Gasteiger partial charge < -0.3 is 25.4 Å². The van der Waals surface area contributed by atoms with Gasteiger partial charge in [-0.25, -0.2) is 0 Å². The Balaban J connectivity index is 0.00000480. The summed E-state index contributed by atoms with van der Waals surface area (Å²) in [6.07, 6.45) is -0.0595. The molecule has 0 aromatic heterocycles. The van der Waals surface area contributed by atoms with E-state index >= 15 is 0 Å². The Morgan fingerprint density at radius 3 is 2.52 bits per heavy atom. The van der Waals surface area contributed by atoms with E-state index in [4.69, 9.17) is 21.1 Å². The van der Waals surface area contributed by atoms with E-state index in [1.807, 2.05) is 50.2 Å². The number of aliphatic imine (C=N–C) groups is 1. The predicted molar refractivity (Wildman–Crippen MR) is 136 cm³/mol. The van der Waals surface area contributed by atoms with E-state index in [1.54, 1.807) is 19.2 Å². The van der Waals surface area contributed by atoms with Gasteiger partial charge in [0.25, 0.3) is 5.91 Å². The highest BCUT2D eigenvalue weighted by molar-refractivity contribution is 14.0. The van der Waals surface area contributed by atoms with E-state index < -0.39 is 0 Å². The van der Waals surface area contributed by atoms with Crippen LogP contribution >= 0.6 is 35.6 Å². The molecule has 0 saturated heterocycles. The summed E-state index contributed by atoms with van der Waals surface area (Å²) in [5.41, 5.74) is 1.01. The van der Waals surface area contributed by atoms with E-state index in [1.165, 1.54) is 0 Å². The highest BCUT2D eigenvalue weighted by atomic mass is 127. The van der Waals surface area contributed by atoms with Crippen LogP contribution in [0.15, 0.2) is 53.5 Å². The van der Waals surface area contributed by atoms with Crippen molar-refractivity contribution in [2.24, 2.45) is 4.99 Å². The maximum atomic E-state index is 11.5. The standard InChI is InChI=1S/C22H29ClN4O3.HI/c1-4-25-21(28)15-29-20-7-5-6-17(12-20)14-27-22(24-3)26-13-16(2)30-19-10-8-18(23)9-11-19;/h5-12,16H,4,13-15H2,1-3H3,(H,25,28)(H2,24,26,27);1H. The lowest BCUT2D eigenvalue weighted by Gasteiger charge is -2.18.